The summed E-state index contributed by atoms with van der Waals surface area (Å²) in [6.07, 6.45) is 11.9. The molecule has 0 unspecified atom stereocenters. The summed E-state index contributed by atoms with van der Waals surface area (Å²) in [5.74, 6) is 0.489. The predicted molar refractivity (Wildman–Crippen MR) is 136 cm³/mol. The third-order valence-corrected chi connectivity index (χ3v) is 4.53. The number of nitrogens with two attached hydrogens (primary N) is 1. The molecule has 0 radical (unpaired) electrons. The van der Waals surface area contributed by atoms with Crippen molar-refractivity contribution in [1.82, 2.24) is 14.5 Å². The molecule has 33 heavy (non-hydrogen) atoms. The van der Waals surface area contributed by atoms with E-state index >= 15 is 0 Å². The zero-order chi connectivity index (χ0) is 24.5. The van der Waals surface area contributed by atoms with E-state index in [1.807, 2.05) is 52.0 Å². The van der Waals surface area contributed by atoms with Crippen LogP contribution >= 0.6 is 0 Å². The molecule has 0 fully saturated rings. The molecule has 1 aromatic rings. The summed E-state index contributed by atoms with van der Waals surface area (Å²) in [5.41, 5.74) is 8.71. The molecule has 0 saturated heterocycles. The van der Waals surface area contributed by atoms with Gasteiger partial charge in [-0.25, -0.2) is 4.98 Å². The monoisotopic (exact) mass is 445 g/mol. The lowest BCUT2D eigenvalue weighted by atomic mass is 10.1. The molecule has 1 aromatic carbocycles. The number of allylic oxidation sites excluding steroid dienone is 6. The zero-order valence-electron chi connectivity index (χ0n) is 19.7. The highest BCUT2D eigenvalue weighted by Crippen LogP contribution is 2.21. The first-order valence-electron chi connectivity index (χ1n) is 10.7. The molecule has 0 atom stereocenters. The van der Waals surface area contributed by atoms with Crippen LogP contribution in [0.15, 0.2) is 70.8 Å². The summed E-state index contributed by atoms with van der Waals surface area (Å²) in [4.78, 5) is 20.9. The van der Waals surface area contributed by atoms with Crippen LogP contribution in [0.5, 0.6) is 5.75 Å². The minimum atomic E-state index is -0.280. The quantitative estimate of drug-likeness (QED) is 0.355. The summed E-state index contributed by atoms with van der Waals surface area (Å²) >= 11 is 0. The summed E-state index contributed by atoms with van der Waals surface area (Å²) < 4.78 is 1.45. The topological polar surface area (TPSA) is 121 Å². The van der Waals surface area contributed by atoms with Crippen LogP contribution in [0.3, 0.4) is 0 Å². The maximum atomic E-state index is 13.1. The zero-order valence-corrected chi connectivity index (χ0v) is 19.7. The van der Waals surface area contributed by atoms with Gasteiger partial charge in [0.15, 0.2) is 5.82 Å². The number of nitrogens with zero attached hydrogens (tertiary/aromatic N) is 2. The van der Waals surface area contributed by atoms with E-state index in [-0.39, 0.29) is 11.3 Å². The van der Waals surface area contributed by atoms with Crippen LogP contribution in [0.25, 0.3) is 28.7 Å². The Bertz CT molecular complexity index is 1370. The molecule has 7 heteroatoms. The number of nitrogens with one attached hydrogen (secondary N) is 2. The number of aromatic hydroxyl groups is 1. The van der Waals surface area contributed by atoms with Crippen molar-refractivity contribution in [2.45, 2.75) is 34.6 Å². The molecule has 0 spiro atoms. The maximum Gasteiger partial charge on any atom is 0.282 e. The number of benzene rings is 1. The number of phenols is 1. The van der Waals surface area contributed by atoms with Gasteiger partial charge in [-0.1, -0.05) is 44.2 Å². The largest absolute Gasteiger partial charge is 0.508 e. The van der Waals surface area contributed by atoms with Gasteiger partial charge in [0, 0.05) is 29.2 Å². The lowest BCUT2D eigenvalue weighted by Crippen LogP contribution is -2.29. The number of H-pyrrole nitrogens is 1. The van der Waals surface area contributed by atoms with Gasteiger partial charge in [0.05, 0.1) is 11.0 Å². The Morgan fingerprint density at radius 1 is 1.27 bits per heavy atom. The number of imidazole rings is 1. The van der Waals surface area contributed by atoms with Crippen molar-refractivity contribution in [3.8, 4) is 22.8 Å². The molecule has 0 amide bonds. The Morgan fingerprint density at radius 3 is 2.61 bits per heavy atom. The van der Waals surface area contributed by atoms with Gasteiger partial charge in [-0.3, -0.25) is 9.36 Å². The highest BCUT2D eigenvalue weighted by atomic mass is 16.3. The minimum Gasteiger partial charge on any atom is -0.508 e. The van der Waals surface area contributed by atoms with Crippen molar-refractivity contribution in [2.75, 3.05) is 0 Å². The van der Waals surface area contributed by atoms with Gasteiger partial charge in [-0.15, -0.1) is 0 Å². The molecule has 0 bridgehead atoms. The molecule has 0 aromatic heterocycles. The van der Waals surface area contributed by atoms with Gasteiger partial charge in [-0.05, 0) is 50.6 Å². The molecule has 172 valence electrons. The van der Waals surface area contributed by atoms with Crippen LogP contribution in [-0.2, 0) is 0 Å². The van der Waals surface area contributed by atoms with Gasteiger partial charge in [0.1, 0.15) is 11.1 Å². The number of fused-ring (bicyclic) bond motifs is 1. The maximum absolute atomic E-state index is 13.1. The van der Waals surface area contributed by atoms with Crippen molar-refractivity contribution in [3.05, 3.63) is 87.1 Å². The second-order valence-corrected chi connectivity index (χ2v) is 7.16. The fourth-order valence-corrected chi connectivity index (χ4v) is 3.14. The number of hydrogen-bond acceptors (Lipinski definition) is 5. The van der Waals surface area contributed by atoms with Crippen molar-refractivity contribution < 1.29 is 5.11 Å². The average Bonchev–Trinajstić information content (AvgIpc) is 3.12. The SMILES string of the molecule is CC.C\C=C/C=C(C)/C=c1\nc2/c(=C(C=N)\C=C(\C)N)[nH]c(-c3cccc(O)c3)cn-2c1=O. The van der Waals surface area contributed by atoms with Gasteiger partial charge >= 0.3 is 0 Å². The normalized spacial score (nSPS) is 13.8. The number of rotatable bonds is 5. The molecule has 2 aliphatic rings. The smallest absolute Gasteiger partial charge is 0.282 e. The van der Waals surface area contributed by atoms with E-state index in [1.54, 1.807) is 43.5 Å². The molecule has 2 heterocycles. The Morgan fingerprint density at radius 2 is 2.00 bits per heavy atom. The van der Waals surface area contributed by atoms with Crippen LogP contribution < -0.4 is 22.0 Å². The van der Waals surface area contributed by atoms with E-state index in [1.165, 1.54) is 4.57 Å². The van der Waals surface area contributed by atoms with E-state index in [0.29, 0.717) is 39.0 Å². The van der Waals surface area contributed by atoms with Crippen molar-refractivity contribution in [3.63, 3.8) is 0 Å². The number of phenolic OH excluding ortho intramolecular Hbond substituents is 1. The lowest BCUT2D eigenvalue weighted by Gasteiger charge is -2.10. The molecule has 5 N–H and O–H groups in total. The minimum absolute atomic E-state index is 0.105. The fraction of sp³-hybridized carbons (Fsp3) is 0.192. The lowest BCUT2D eigenvalue weighted by molar-refractivity contribution is 0.475. The standard InChI is InChI=1S/C24H25N5O2.C2H6/c1-4-5-7-15(2)10-20-24(31)29-14-21(17-8-6-9-19(30)12-17)27-22(23(29)28-20)18(13-25)11-16(3)26;1-2/h4-14,25,27,30H,26H2,1-3H3;1-2H3/b5-4-,15-7+,16-11-,20-10-,22-18-,25-13?;. The van der Waals surface area contributed by atoms with Crippen LogP contribution in [0.2, 0.25) is 0 Å². The molecular weight excluding hydrogens is 414 g/mol. The van der Waals surface area contributed by atoms with E-state index in [2.05, 4.69) is 9.97 Å². The first-order chi connectivity index (χ1) is 15.8. The molecule has 2 aliphatic heterocycles. The molecular formula is C26H31N5O2. The molecule has 0 saturated carbocycles. The highest BCUT2D eigenvalue weighted by Gasteiger charge is 2.15. The molecule has 3 rings (SSSR count). The first-order valence-corrected chi connectivity index (χ1v) is 10.7. The van der Waals surface area contributed by atoms with Gasteiger partial charge in [0.2, 0.25) is 0 Å². The third kappa shape index (κ3) is 5.98. The van der Waals surface area contributed by atoms with Crippen LogP contribution in [0, 0.1) is 5.41 Å². The van der Waals surface area contributed by atoms with E-state index in [9.17, 15) is 9.90 Å². The van der Waals surface area contributed by atoms with Crippen LogP contribution in [0.4, 0.5) is 0 Å². The van der Waals surface area contributed by atoms with Gasteiger partial charge < -0.3 is 21.2 Å². The van der Waals surface area contributed by atoms with E-state index in [4.69, 9.17) is 11.1 Å². The van der Waals surface area contributed by atoms with Crippen molar-refractivity contribution in [1.29, 1.82) is 5.41 Å². The first kappa shape index (κ1) is 25.1. The van der Waals surface area contributed by atoms with Crippen molar-refractivity contribution in [2.24, 2.45) is 5.73 Å². The summed E-state index contributed by atoms with van der Waals surface area (Å²) in [6.45, 7) is 9.53. The predicted octanol–water partition coefficient (Wildman–Crippen LogP) is 3.36. The Balaban J connectivity index is 0.00000187. The Hall–Kier alpha value is -4.13. The second-order valence-electron chi connectivity index (χ2n) is 7.16. The fourth-order valence-electron chi connectivity index (χ4n) is 3.14. The van der Waals surface area contributed by atoms with Gasteiger partial charge in [0.25, 0.3) is 5.56 Å². The summed E-state index contributed by atoms with van der Waals surface area (Å²) in [5, 5.41) is 18.5. The highest BCUT2D eigenvalue weighted by molar-refractivity contribution is 6.05. The van der Waals surface area contributed by atoms with Crippen molar-refractivity contribution >= 4 is 17.9 Å². The average molecular weight is 446 g/mol. The van der Waals surface area contributed by atoms with Crippen LogP contribution in [0.1, 0.15) is 34.6 Å². The van der Waals surface area contributed by atoms with E-state index in [0.717, 1.165) is 11.8 Å². The number of aromatic amines is 1. The van der Waals surface area contributed by atoms with Gasteiger partial charge in [-0.2, -0.15) is 0 Å². The summed E-state index contributed by atoms with van der Waals surface area (Å²) in [6, 6.07) is 6.69. The third-order valence-electron chi connectivity index (χ3n) is 4.53. The molecule has 7 nitrogen and oxygen atoms in total. The summed E-state index contributed by atoms with van der Waals surface area (Å²) in [7, 11) is 0. The molecule has 0 aliphatic carbocycles. The number of aromatic nitrogens is 3. The Labute approximate surface area is 193 Å². The Kier molecular flexibility index (Phi) is 8.74. The number of hydrogen-bond donors (Lipinski definition) is 4. The van der Waals surface area contributed by atoms with Crippen LogP contribution in [-0.4, -0.2) is 25.9 Å². The second kappa shape index (κ2) is 11.5. The van der Waals surface area contributed by atoms with E-state index < -0.39 is 0 Å².